The number of anilines is 1. The van der Waals surface area contributed by atoms with Crippen molar-refractivity contribution in [2.45, 2.75) is 51.2 Å². The normalized spacial score (nSPS) is 18.5. The van der Waals surface area contributed by atoms with Crippen molar-refractivity contribution in [3.8, 4) is 5.75 Å². The average molecular weight is 452 g/mol. The SMILES string of the molecule is COC(=O)N1Cc2sccc2C(Nc2ccc(F)cc2OC2CCC(F)(F)CC2)=C1C. The number of nitrogens with zero attached hydrogens (tertiary/aromatic N) is 1. The molecule has 0 atom stereocenters. The van der Waals surface area contributed by atoms with Gasteiger partial charge in [-0.15, -0.1) is 11.3 Å². The molecule has 1 aromatic heterocycles. The molecule has 1 fully saturated rings. The first-order valence-corrected chi connectivity index (χ1v) is 10.9. The van der Waals surface area contributed by atoms with Gasteiger partial charge in [-0.2, -0.15) is 0 Å². The van der Waals surface area contributed by atoms with Crippen molar-refractivity contribution in [1.29, 1.82) is 0 Å². The van der Waals surface area contributed by atoms with Crippen LogP contribution in [0.2, 0.25) is 0 Å². The minimum Gasteiger partial charge on any atom is -0.488 e. The Balaban J connectivity index is 1.63. The topological polar surface area (TPSA) is 50.8 Å². The van der Waals surface area contributed by atoms with Crippen LogP contribution in [-0.4, -0.2) is 30.1 Å². The van der Waals surface area contributed by atoms with Crippen molar-refractivity contribution in [3.63, 3.8) is 0 Å². The zero-order valence-corrected chi connectivity index (χ0v) is 18.0. The van der Waals surface area contributed by atoms with Gasteiger partial charge in [0.2, 0.25) is 5.92 Å². The smallest absolute Gasteiger partial charge is 0.414 e. The summed E-state index contributed by atoms with van der Waals surface area (Å²) in [5, 5.41) is 5.22. The van der Waals surface area contributed by atoms with E-state index in [1.807, 2.05) is 11.4 Å². The van der Waals surface area contributed by atoms with Gasteiger partial charge in [-0.3, -0.25) is 4.90 Å². The van der Waals surface area contributed by atoms with E-state index in [0.717, 1.165) is 10.4 Å². The van der Waals surface area contributed by atoms with E-state index in [2.05, 4.69) is 5.32 Å². The van der Waals surface area contributed by atoms with Gasteiger partial charge in [-0.1, -0.05) is 0 Å². The number of benzene rings is 1. The second-order valence-electron chi connectivity index (χ2n) is 7.71. The molecule has 1 aliphatic carbocycles. The number of hydrogen-bond donors (Lipinski definition) is 1. The number of carbonyl (C=O) groups excluding carboxylic acids is 1. The highest BCUT2D eigenvalue weighted by Gasteiger charge is 2.36. The number of alkyl halides is 2. The largest absolute Gasteiger partial charge is 0.488 e. The van der Waals surface area contributed by atoms with E-state index in [4.69, 9.17) is 9.47 Å². The van der Waals surface area contributed by atoms with Gasteiger partial charge in [-0.05, 0) is 43.3 Å². The molecule has 4 rings (SSSR count). The maximum atomic E-state index is 14.0. The van der Waals surface area contributed by atoms with E-state index in [-0.39, 0.29) is 31.4 Å². The zero-order valence-electron chi connectivity index (χ0n) is 17.2. The summed E-state index contributed by atoms with van der Waals surface area (Å²) in [5.74, 6) is -2.90. The van der Waals surface area contributed by atoms with Crippen molar-refractivity contribution in [3.05, 3.63) is 51.6 Å². The second-order valence-corrected chi connectivity index (χ2v) is 8.71. The molecular weight excluding hydrogens is 429 g/mol. The van der Waals surface area contributed by atoms with Crippen molar-refractivity contribution in [1.82, 2.24) is 4.90 Å². The highest BCUT2D eigenvalue weighted by molar-refractivity contribution is 7.10. The summed E-state index contributed by atoms with van der Waals surface area (Å²) in [4.78, 5) is 14.8. The zero-order chi connectivity index (χ0) is 22.2. The van der Waals surface area contributed by atoms with Crippen LogP contribution in [0.15, 0.2) is 35.3 Å². The average Bonchev–Trinajstić information content (AvgIpc) is 3.21. The van der Waals surface area contributed by atoms with Gasteiger partial charge in [0, 0.05) is 35.0 Å². The molecule has 2 aromatic rings. The molecule has 0 bridgehead atoms. The molecule has 31 heavy (non-hydrogen) atoms. The van der Waals surface area contributed by atoms with Gasteiger partial charge in [0.1, 0.15) is 11.6 Å². The maximum absolute atomic E-state index is 14.0. The Kier molecular flexibility index (Phi) is 5.88. The highest BCUT2D eigenvalue weighted by Crippen LogP contribution is 2.40. The third-order valence-corrected chi connectivity index (χ3v) is 6.54. The number of rotatable bonds is 4. The quantitative estimate of drug-likeness (QED) is 0.598. The Morgan fingerprint density at radius 3 is 2.71 bits per heavy atom. The molecule has 0 saturated heterocycles. The highest BCUT2D eigenvalue weighted by atomic mass is 32.1. The number of halogens is 3. The molecule has 5 nitrogen and oxygen atoms in total. The molecule has 0 radical (unpaired) electrons. The number of methoxy groups -OCH3 is 1. The van der Waals surface area contributed by atoms with Crippen molar-refractivity contribution < 1.29 is 27.4 Å². The van der Waals surface area contributed by atoms with Gasteiger partial charge in [0.15, 0.2) is 0 Å². The number of ether oxygens (including phenoxy) is 2. The molecular formula is C22H23F3N2O3S. The molecule has 1 saturated carbocycles. The lowest BCUT2D eigenvalue weighted by Crippen LogP contribution is -2.33. The summed E-state index contributed by atoms with van der Waals surface area (Å²) in [6, 6.07) is 6.05. The lowest BCUT2D eigenvalue weighted by Gasteiger charge is -2.31. The summed E-state index contributed by atoms with van der Waals surface area (Å²) in [7, 11) is 1.33. The first kappa shape index (κ1) is 21.5. The van der Waals surface area contributed by atoms with Crippen LogP contribution >= 0.6 is 11.3 Å². The monoisotopic (exact) mass is 452 g/mol. The number of nitrogens with one attached hydrogen (secondary N) is 1. The lowest BCUT2D eigenvalue weighted by molar-refractivity contribution is -0.0581. The number of thiophene rings is 1. The van der Waals surface area contributed by atoms with Crippen molar-refractivity contribution in [2.75, 3.05) is 12.4 Å². The Bertz CT molecular complexity index is 1010. The first-order chi connectivity index (χ1) is 14.8. The van der Waals surface area contributed by atoms with Crippen LogP contribution in [-0.2, 0) is 11.3 Å². The number of fused-ring (bicyclic) bond motifs is 1. The molecule has 1 amide bonds. The van der Waals surface area contributed by atoms with Gasteiger partial charge in [0.05, 0.1) is 31.1 Å². The van der Waals surface area contributed by atoms with Crippen LogP contribution < -0.4 is 10.1 Å². The van der Waals surface area contributed by atoms with Crippen LogP contribution in [0.1, 0.15) is 43.0 Å². The Morgan fingerprint density at radius 1 is 1.26 bits per heavy atom. The summed E-state index contributed by atoms with van der Waals surface area (Å²) in [6.45, 7) is 2.20. The first-order valence-electron chi connectivity index (χ1n) is 10.0. The standard InChI is InChI=1S/C22H23F3N2O3S/c1-13-20(16-7-10-31-19(16)12-27(13)21(28)29-2)26-17-4-3-14(23)11-18(17)30-15-5-8-22(24,25)9-6-15/h3-4,7,10-11,15,26H,5-6,8-9,12H2,1-2H3. The van der Waals surface area contributed by atoms with Crippen LogP contribution in [0, 0.1) is 5.82 Å². The Morgan fingerprint density at radius 2 is 2.00 bits per heavy atom. The lowest BCUT2D eigenvalue weighted by atomic mass is 9.94. The Labute approximate surface area is 182 Å². The van der Waals surface area contributed by atoms with Crippen molar-refractivity contribution in [2.24, 2.45) is 0 Å². The van der Waals surface area contributed by atoms with Crippen LogP contribution in [0.5, 0.6) is 5.75 Å². The fraction of sp³-hybridized carbons (Fsp3) is 0.409. The van der Waals surface area contributed by atoms with Crippen LogP contribution in [0.25, 0.3) is 5.70 Å². The molecule has 1 aliphatic heterocycles. The third-order valence-electron chi connectivity index (χ3n) is 5.64. The number of carbonyl (C=O) groups is 1. The Hall–Kier alpha value is -2.68. The second kappa shape index (κ2) is 8.45. The third kappa shape index (κ3) is 4.51. The van der Waals surface area contributed by atoms with E-state index in [9.17, 15) is 18.0 Å². The number of hydrogen-bond acceptors (Lipinski definition) is 5. The molecule has 1 N–H and O–H groups in total. The minimum absolute atomic E-state index is 0.204. The fourth-order valence-electron chi connectivity index (χ4n) is 3.89. The van der Waals surface area contributed by atoms with E-state index < -0.39 is 23.9 Å². The van der Waals surface area contributed by atoms with E-state index in [1.54, 1.807) is 13.0 Å². The molecule has 166 valence electrons. The number of amides is 1. The summed E-state index contributed by atoms with van der Waals surface area (Å²) < 4.78 is 51.8. The fourth-order valence-corrected chi connectivity index (χ4v) is 4.76. The van der Waals surface area contributed by atoms with E-state index in [0.29, 0.717) is 23.6 Å². The molecule has 0 unspecified atom stereocenters. The number of allylic oxidation sites excluding steroid dienone is 1. The molecule has 2 aliphatic rings. The van der Waals surface area contributed by atoms with Crippen LogP contribution in [0.4, 0.5) is 23.7 Å². The summed E-state index contributed by atoms with van der Waals surface area (Å²) in [6.07, 6.45) is -0.967. The summed E-state index contributed by atoms with van der Waals surface area (Å²) in [5.41, 5.74) is 2.78. The van der Waals surface area contributed by atoms with Gasteiger partial charge < -0.3 is 14.8 Å². The predicted octanol–water partition coefficient (Wildman–Crippen LogP) is 6.23. The molecule has 0 spiro atoms. The molecule has 2 heterocycles. The maximum Gasteiger partial charge on any atom is 0.414 e. The summed E-state index contributed by atoms with van der Waals surface area (Å²) >= 11 is 1.52. The van der Waals surface area contributed by atoms with Crippen LogP contribution in [0.3, 0.4) is 0 Å². The van der Waals surface area contributed by atoms with E-state index in [1.165, 1.54) is 35.5 Å². The van der Waals surface area contributed by atoms with Gasteiger partial charge in [0.25, 0.3) is 0 Å². The minimum atomic E-state index is -2.67. The van der Waals surface area contributed by atoms with E-state index >= 15 is 0 Å². The predicted molar refractivity (Wildman–Crippen MR) is 113 cm³/mol. The van der Waals surface area contributed by atoms with Gasteiger partial charge in [-0.25, -0.2) is 18.0 Å². The van der Waals surface area contributed by atoms with Crippen molar-refractivity contribution >= 4 is 28.8 Å². The van der Waals surface area contributed by atoms with Gasteiger partial charge >= 0.3 is 6.09 Å². The molecule has 1 aromatic carbocycles. The molecule has 9 heteroatoms.